The van der Waals surface area contributed by atoms with Crippen molar-refractivity contribution in [3.63, 3.8) is 0 Å². The van der Waals surface area contributed by atoms with Crippen LogP contribution < -0.4 is 10.6 Å². The number of halogens is 5. The van der Waals surface area contributed by atoms with Gasteiger partial charge in [0, 0.05) is 5.56 Å². The number of aryl methyl sites for hydroxylation is 1. The maximum atomic E-state index is 12.9. The van der Waals surface area contributed by atoms with Crippen LogP contribution in [0.3, 0.4) is 0 Å². The highest BCUT2D eigenvalue weighted by Gasteiger charge is 2.37. The molecule has 0 radical (unpaired) electrons. The standard InChI is InChI=1S/C20H19F5N4O/c1-11-8-14(19(21)22)4-6-16(11)17(9-26)12(2)18-7-5-15(10-27-18)29(30)28-13(3)20(23,24)25/h4-8,10,13,19,28,30H,1-3H3/b17-12+/t13-/m1/s1. The predicted molar refractivity (Wildman–Crippen MR) is 101 cm³/mol. The van der Waals surface area contributed by atoms with Crippen molar-refractivity contribution >= 4 is 16.8 Å². The van der Waals surface area contributed by atoms with E-state index in [1.54, 1.807) is 13.8 Å². The summed E-state index contributed by atoms with van der Waals surface area (Å²) in [6.45, 7) is 4.07. The van der Waals surface area contributed by atoms with Crippen molar-refractivity contribution in [1.29, 1.82) is 5.26 Å². The predicted octanol–water partition coefficient (Wildman–Crippen LogP) is 5.43. The quantitative estimate of drug-likeness (QED) is 0.366. The number of nitrogens with one attached hydrogen (secondary N) is 1. The first-order valence-corrected chi connectivity index (χ1v) is 8.74. The fraction of sp³-hybridized carbons (Fsp3) is 0.300. The molecule has 1 atom stereocenters. The molecule has 2 aromatic rings. The number of alkyl halides is 5. The number of anilines is 1. The Kier molecular flexibility index (Phi) is 7.12. The Morgan fingerprint density at radius 2 is 1.90 bits per heavy atom. The fourth-order valence-corrected chi connectivity index (χ4v) is 2.64. The normalized spacial score (nSPS) is 13.6. The van der Waals surface area contributed by atoms with E-state index in [0.717, 1.165) is 13.1 Å². The highest BCUT2D eigenvalue weighted by molar-refractivity contribution is 5.96. The van der Waals surface area contributed by atoms with Crippen molar-refractivity contribution < 1.29 is 27.2 Å². The number of hydrogen-bond donors (Lipinski definition) is 2. The number of rotatable bonds is 6. The first-order chi connectivity index (χ1) is 14.0. The summed E-state index contributed by atoms with van der Waals surface area (Å²) in [7, 11) is 0. The van der Waals surface area contributed by atoms with Gasteiger partial charge in [-0.2, -0.15) is 29.0 Å². The molecule has 30 heavy (non-hydrogen) atoms. The molecule has 10 heteroatoms. The number of pyridine rings is 1. The van der Waals surface area contributed by atoms with Gasteiger partial charge in [-0.15, -0.1) is 0 Å². The second-order valence-corrected chi connectivity index (χ2v) is 6.59. The van der Waals surface area contributed by atoms with Gasteiger partial charge in [-0.05, 0) is 55.7 Å². The van der Waals surface area contributed by atoms with Crippen molar-refractivity contribution in [3.8, 4) is 6.07 Å². The average Bonchev–Trinajstić information content (AvgIpc) is 2.68. The molecule has 1 aromatic carbocycles. The molecule has 1 heterocycles. The van der Waals surface area contributed by atoms with Crippen LogP contribution >= 0.6 is 0 Å². The summed E-state index contributed by atoms with van der Waals surface area (Å²) in [5.41, 5.74) is 3.63. The van der Waals surface area contributed by atoms with Gasteiger partial charge in [-0.3, -0.25) is 10.2 Å². The highest BCUT2D eigenvalue weighted by Crippen LogP contribution is 2.30. The molecular formula is C20H19F5N4O. The van der Waals surface area contributed by atoms with Crippen molar-refractivity contribution in [1.82, 2.24) is 10.4 Å². The van der Waals surface area contributed by atoms with E-state index in [2.05, 4.69) is 4.98 Å². The van der Waals surface area contributed by atoms with E-state index >= 15 is 0 Å². The average molecular weight is 426 g/mol. The van der Waals surface area contributed by atoms with E-state index < -0.39 is 18.6 Å². The monoisotopic (exact) mass is 426 g/mol. The molecule has 0 saturated carbocycles. The number of benzene rings is 1. The molecule has 0 aliphatic carbocycles. The van der Waals surface area contributed by atoms with E-state index in [1.807, 2.05) is 11.5 Å². The van der Waals surface area contributed by atoms with E-state index in [-0.39, 0.29) is 22.0 Å². The topological polar surface area (TPSA) is 72.2 Å². The summed E-state index contributed by atoms with van der Waals surface area (Å²) in [6, 6.07) is 6.78. The summed E-state index contributed by atoms with van der Waals surface area (Å²) in [5.74, 6) is 0. The van der Waals surface area contributed by atoms with Crippen LogP contribution in [0.25, 0.3) is 11.1 Å². The number of aromatic nitrogens is 1. The molecule has 160 valence electrons. The Bertz CT molecular complexity index is 965. The van der Waals surface area contributed by atoms with Gasteiger partial charge >= 0.3 is 6.18 Å². The minimum atomic E-state index is -4.55. The van der Waals surface area contributed by atoms with Crippen LogP contribution in [0.5, 0.6) is 0 Å². The second kappa shape index (κ2) is 9.19. The third-order valence-corrected chi connectivity index (χ3v) is 4.44. The summed E-state index contributed by atoms with van der Waals surface area (Å²) in [5, 5.41) is 19.6. The van der Waals surface area contributed by atoms with Gasteiger partial charge in [-0.25, -0.2) is 8.78 Å². The van der Waals surface area contributed by atoms with E-state index in [9.17, 15) is 32.4 Å². The molecule has 0 unspecified atom stereocenters. The lowest BCUT2D eigenvalue weighted by Crippen LogP contribution is -2.48. The number of nitrogens with zero attached hydrogens (tertiary/aromatic N) is 3. The maximum absolute atomic E-state index is 12.9. The Labute approximate surface area is 170 Å². The molecular weight excluding hydrogens is 407 g/mol. The summed E-state index contributed by atoms with van der Waals surface area (Å²) >= 11 is 0. The van der Waals surface area contributed by atoms with Gasteiger partial charge in [0.15, 0.2) is 0 Å². The van der Waals surface area contributed by atoms with Crippen LogP contribution in [0, 0.1) is 18.3 Å². The summed E-state index contributed by atoms with van der Waals surface area (Å²) in [4.78, 5) is 4.09. The zero-order valence-corrected chi connectivity index (χ0v) is 16.3. The second-order valence-electron chi connectivity index (χ2n) is 6.59. The van der Waals surface area contributed by atoms with Crippen molar-refractivity contribution in [2.75, 3.05) is 5.17 Å². The fourth-order valence-electron chi connectivity index (χ4n) is 2.64. The molecule has 0 spiro atoms. The Morgan fingerprint density at radius 3 is 2.37 bits per heavy atom. The van der Waals surface area contributed by atoms with Gasteiger partial charge in [0.25, 0.3) is 6.43 Å². The lowest BCUT2D eigenvalue weighted by atomic mass is 9.94. The van der Waals surface area contributed by atoms with Crippen molar-refractivity contribution in [3.05, 3.63) is 58.9 Å². The zero-order chi connectivity index (χ0) is 22.6. The number of hydrogen-bond acceptors (Lipinski definition) is 5. The van der Waals surface area contributed by atoms with Gasteiger partial charge in [0.05, 0.1) is 17.5 Å². The largest absolute Gasteiger partial charge is 0.405 e. The van der Waals surface area contributed by atoms with Crippen LogP contribution in [0.15, 0.2) is 36.5 Å². The van der Waals surface area contributed by atoms with E-state index in [1.165, 1.54) is 30.3 Å². The molecule has 0 aliphatic rings. The number of allylic oxidation sites excluding steroid dienone is 2. The molecule has 0 saturated heterocycles. The van der Waals surface area contributed by atoms with Crippen molar-refractivity contribution in [2.24, 2.45) is 0 Å². The van der Waals surface area contributed by atoms with Crippen LogP contribution in [0.1, 0.15) is 42.7 Å². The summed E-state index contributed by atoms with van der Waals surface area (Å²) < 4.78 is 63.5. The molecule has 0 amide bonds. The van der Waals surface area contributed by atoms with Crippen molar-refractivity contribution in [2.45, 2.75) is 39.4 Å². The highest BCUT2D eigenvalue weighted by atomic mass is 19.4. The van der Waals surface area contributed by atoms with Crippen LogP contribution in [0.2, 0.25) is 0 Å². The summed E-state index contributed by atoms with van der Waals surface area (Å²) in [6.07, 6.45) is -6.04. The molecule has 1 aromatic heterocycles. The lowest BCUT2D eigenvalue weighted by Gasteiger charge is -2.24. The number of nitriles is 1. The SMILES string of the molecule is C/C(=C(/C#N)c1ccc(C(F)F)cc1C)c1ccc(N(O)N[C@H](C)C(F)(F)F)cn1. The minimum absolute atomic E-state index is 0.0429. The molecule has 5 nitrogen and oxygen atoms in total. The first-order valence-electron chi connectivity index (χ1n) is 8.74. The Balaban J connectivity index is 2.32. The molecule has 2 N–H and O–H groups in total. The van der Waals surface area contributed by atoms with E-state index in [0.29, 0.717) is 22.4 Å². The van der Waals surface area contributed by atoms with Gasteiger partial charge in [-0.1, -0.05) is 12.1 Å². The Hall–Kier alpha value is -3.03. The molecule has 0 bridgehead atoms. The third kappa shape index (κ3) is 5.31. The van der Waals surface area contributed by atoms with Gasteiger partial charge < -0.3 is 0 Å². The first kappa shape index (κ1) is 23.3. The Morgan fingerprint density at radius 1 is 1.23 bits per heavy atom. The zero-order valence-electron chi connectivity index (χ0n) is 16.3. The third-order valence-electron chi connectivity index (χ3n) is 4.44. The smallest absolute Gasteiger partial charge is 0.273 e. The molecule has 0 aliphatic heterocycles. The van der Waals surface area contributed by atoms with Crippen LogP contribution in [-0.4, -0.2) is 22.4 Å². The van der Waals surface area contributed by atoms with Gasteiger partial charge in [0.1, 0.15) is 17.8 Å². The molecule has 2 rings (SSSR count). The minimum Gasteiger partial charge on any atom is -0.273 e. The maximum Gasteiger partial charge on any atom is 0.405 e. The molecule has 0 fully saturated rings. The lowest BCUT2D eigenvalue weighted by molar-refractivity contribution is -0.155. The number of hydrazine groups is 1. The van der Waals surface area contributed by atoms with Crippen LogP contribution in [0.4, 0.5) is 27.6 Å². The van der Waals surface area contributed by atoms with Crippen LogP contribution in [-0.2, 0) is 0 Å². The van der Waals surface area contributed by atoms with E-state index in [4.69, 9.17) is 0 Å². The van der Waals surface area contributed by atoms with Gasteiger partial charge in [0.2, 0.25) is 0 Å².